The van der Waals surface area contributed by atoms with Gasteiger partial charge in [-0.05, 0) is 60.8 Å². The first-order chi connectivity index (χ1) is 34.7. The average Bonchev–Trinajstić information content (AvgIpc) is 4.08. The molecule has 0 saturated carbocycles. The van der Waals surface area contributed by atoms with Crippen LogP contribution in [0, 0.1) is 11.8 Å². The van der Waals surface area contributed by atoms with Crippen molar-refractivity contribution in [2.24, 2.45) is 34.0 Å². The van der Waals surface area contributed by atoms with E-state index < -0.39 is 114 Å². The molecule has 0 spiro atoms. The van der Waals surface area contributed by atoms with Gasteiger partial charge >= 0.3 is 11.9 Å². The van der Waals surface area contributed by atoms with Crippen LogP contribution in [0.25, 0.3) is 0 Å². The molecule has 1 saturated heterocycles. The number of hydrogen-bond acceptors (Lipinski definition) is 12. The fourth-order valence-electron chi connectivity index (χ4n) is 8.16. The number of carbonyl (C=O) groups is 9. The van der Waals surface area contributed by atoms with E-state index in [9.17, 15) is 53.4 Å². The molecule has 24 nitrogen and oxygen atoms in total. The molecule has 0 aliphatic carbocycles. The Morgan fingerprint density at radius 1 is 0.753 bits per heavy atom. The Labute approximate surface area is 422 Å². The third kappa shape index (κ3) is 17.7. The molecular weight excluding hydrogens is 947 g/mol. The molecule has 2 aromatic carbocycles. The van der Waals surface area contributed by atoms with E-state index in [1.54, 1.807) is 58.0 Å². The standard InChI is InChI=1S/C49H69N13O11/c1-5-28(4)40(45(68)58-35(23-32-25-53-26-55-32)46(69)62-20-10-14-37(62)43(66)59-36(48(72)73)22-29-11-7-6-8-12-29)61-42(65)34(21-30-15-17-31(18-16-30)47(70)71)57-44(67)39(27(2)3)60-41(64)33(56-38(63)24-50)13-9-19-54-49(51)52/h6-8,11-12,15-18,25-28,33-37,39-40H,5,9-10,13-14,19-24,50H2,1-4H3,(H,53,55)(H,56,63)(H,57,67)(H,58,68)(H,59,66)(H,60,64)(H,61,65)(H,70,71)(H,72,73)(H4,51,52,54)/t28-,33+,34+,35+,36+,37+,39+,40+/m1/s1. The summed E-state index contributed by atoms with van der Waals surface area (Å²) < 4.78 is 0. The monoisotopic (exact) mass is 1020 g/mol. The van der Waals surface area contributed by atoms with Gasteiger partial charge in [0.1, 0.15) is 42.3 Å². The van der Waals surface area contributed by atoms with Crippen molar-refractivity contribution in [3.8, 4) is 0 Å². The SMILES string of the molecule is CC[C@@H](C)[C@H](NC(=O)[C@H](Cc1ccc(C(=O)O)cc1)NC(=O)[C@@H](NC(=O)[C@H](CCCN=C(N)N)NC(=O)CN)C(C)C)C(=O)N[C@@H](Cc1cnc[nH]1)C(=O)N1CCC[C@H]1C(=O)N[C@@H](Cc1ccccc1)C(=O)O. The van der Waals surface area contributed by atoms with Crippen LogP contribution in [0.3, 0.4) is 0 Å². The molecule has 0 unspecified atom stereocenters. The van der Waals surface area contributed by atoms with Crippen LogP contribution in [-0.2, 0) is 57.6 Å². The van der Waals surface area contributed by atoms with Crippen LogP contribution < -0.4 is 49.1 Å². The predicted octanol–water partition coefficient (Wildman–Crippen LogP) is -1.17. The van der Waals surface area contributed by atoms with Crippen LogP contribution in [0.1, 0.15) is 87.0 Å². The van der Waals surface area contributed by atoms with Gasteiger partial charge in [-0.1, -0.05) is 76.6 Å². The first kappa shape index (κ1) is 57.7. The molecule has 3 aromatic rings. The van der Waals surface area contributed by atoms with E-state index >= 15 is 0 Å². The van der Waals surface area contributed by atoms with Crippen LogP contribution in [0.5, 0.6) is 0 Å². The quantitative estimate of drug-likeness (QED) is 0.0232. The van der Waals surface area contributed by atoms with Crippen molar-refractivity contribution in [2.75, 3.05) is 19.6 Å². The lowest BCUT2D eigenvalue weighted by Crippen LogP contribution is -2.62. The minimum absolute atomic E-state index is 0.000795. The zero-order valence-corrected chi connectivity index (χ0v) is 41.5. The molecule has 1 aromatic heterocycles. The minimum Gasteiger partial charge on any atom is -0.480 e. The number of carboxylic acids is 2. The number of carboxylic acid groups (broad SMARTS) is 2. The average molecular weight is 1020 g/mol. The summed E-state index contributed by atoms with van der Waals surface area (Å²) in [6.45, 7) is 6.63. The number of H-pyrrole nitrogens is 1. The van der Waals surface area contributed by atoms with E-state index in [4.69, 9.17) is 17.2 Å². The maximum atomic E-state index is 14.6. The van der Waals surface area contributed by atoms with Crippen molar-refractivity contribution in [1.29, 1.82) is 0 Å². The number of aromatic nitrogens is 2. The molecule has 4 rings (SSSR count). The maximum absolute atomic E-state index is 14.6. The van der Waals surface area contributed by atoms with Gasteiger partial charge in [-0.25, -0.2) is 14.6 Å². The Hall–Kier alpha value is -7.89. The van der Waals surface area contributed by atoms with E-state index in [1.807, 2.05) is 0 Å². The molecule has 7 amide bonds. The van der Waals surface area contributed by atoms with E-state index in [-0.39, 0.29) is 63.1 Å². The number of likely N-dealkylation sites (tertiary alicyclic amines) is 1. The maximum Gasteiger partial charge on any atom is 0.335 e. The minimum atomic E-state index is -1.43. The highest BCUT2D eigenvalue weighted by Crippen LogP contribution is 2.21. The normalized spacial score (nSPS) is 16.0. The molecule has 15 N–H and O–H groups in total. The summed E-state index contributed by atoms with van der Waals surface area (Å²) >= 11 is 0. The van der Waals surface area contributed by atoms with Crippen molar-refractivity contribution in [3.05, 3.63) is 89.5 Å². The topological polar surface area (TPSA) is 389 Å². The molecule has 396 valence electrons. The third-order valence-corrected chi connectivity index (χ3v) is 12.4. The fraction of sp³-hybridized carbons (Fsp3) is 0.490. The molecule has 0 radical (unpaired) electrons. The Kier molecular flexibility index (Phi) is 22.3. The first-order valence-corrected chi connectivity index (χ1v) is 24.2. The van der Waals surface area contributed by atoms with Crippen LogP contribution in [-0.4, -0.2) is 146 Å². The van der Waals surface area contributed by atoms with Crippen molar-refractivity contribution in [3.63, 3.8) is 0 Å². The number of rotatable bonds is 28. The summed E-state index contributed by atoms with van der Waals surface area (Å²) in [6.07, 6.45) is 3.86. The third-order valence-electron chi connectivity index (χ3n) is 12.4. The van der Waals surface area contributed by atoms with E-state index in [1.165, 1.54) is 41.7 Å². The molecule has 24 heteroatoms. The second-order valence-electron chi connectivity index (χ2n) is 18.3. The number of nitrogens with zero attached hydrogens (tertiary/aromatic N) is 3. The van der Waals surface area contributed by atoms with Gasteiger partial charge in [0.25, 0.3) is 0 Å². The van der Waals surface area contributed by atoms with Crippen LogP contribution >= 0.6 is 0 Å². The number of aromatic amines is 1. The number of hydrogen-bond donors (Lipinski definition) is 12. The van der Waals surface area contributed by atoms with Gasteiger partial charge in [-0.2, -0.15) is 0 Å². The largest absolute Gasteiger partial charge is 0.480 e. The lowest BCUT2D eigenvalue weighted by atomic mass is 9.96. The van der Waals surface area contributed by atoms with Crippen molar-refractivity contribution in [2.45, 2.75) is 121 Å². The molecule has 1 aliphatic rings. The Morgan fingerprint density at radius 2 is 1.37 bits per heavy atom. The zero-order valence-electron chi connectivity index (χ0n) is 41.5. The summed E-state index contributed by atoms with van der Waals surface area (Å²) in [5.41, 5.74) is 17.9. The highest BCUT2D eigenvalue weighted by atomic mass is 16.4. The lowest BCUT2D eigenvalue weighted by molar-refractivity contribution is -0.145. The van der Waals surface area contributed by atoms with Gasteiger partial charge in [0.15, 0.2) is 5.96 Å². The molecule has 2 heterocycles. The molecule has 8 atom stereocenters. The van der Waals surface area contributed by atoms with E-state index in [2.05, 4.69) is 46.9 Å². The molecular formula is C49H69N13O11. The Bertz CT molecular complexity index is 2400. The summed E-state index contributed by atoms with van der Waals surface area (Å²) in [4.78, 5) is 134. The molecule has 1 aliphatic heterocycles. The number of amides is 7. The zero-order chi connectivity index (χ0) is 53.8. The number of guanidine groups is 1. The summed E-state index contributed by atoms with van der Waals surface area (Å²) in [5, 5.41) is 35.6. The van der Waals surface area contributed by atoms with E-state index in [0.717, 1.165) is 0 Å². The number of nitrogens with two attached hydrogens (primary N) is 3. The molecule has 1 fully saturated rings. The van der Waals surface area contributed by atoms with Crippen molar-refractivity contribution in [1.82, 2.24) is 46.8 Å². The number of carbonyl (C=O) groups excluding carboxylic acids is 7. The molecule has 73 heavy (non-hydrogen) atoms. The summed E-state index contributed by atoms with van der Waals surface area (Å²) in [6, 6.07) is 5.50. The number of aromatic carboxylic acids is 1. The number of aliphatic carboxylic acids is 1. The van der Waals surface area contributed by atoms with Gasteiger partial charge < -0.3 is 69.2 Å². The summed E-state index contributed by atoms with van der Waals surface area (Å²) in [7, 11) is 0. The smallest absolute Gasteiger partial charge is 0.335 e. The van der Waals surface area contributed by atoms with E-state index in [0.29, 0.717) is 29.7 Å². The first-order valence-electron chi connectivity index (χ1n) is 24.2. The van der Waals surface area contributed by atoms with Crippen molar-refractivity contribution < 1.29 is 53.4 Å². The van der Waals surface area contributed by atoms with Gasteiger partial charge in [0, 0.05) is 44.2 Å². The number of aliphatic imine (C=N–C) groups is 1. The van der Waals surface area contributed by atoms with Crippen LogP contribution in [0.15, 0.2) is 72.1 Å². The Morgan fingerprint density at radius 3 is 1.96 bits per heavy atom. The Balaban J connectivity index is 1.60. The number of imidazole rings is 1. The highest BCUT2D eigenvalue weighted by molar-refractivity contribution is 5.98. The number of benzene rings is 2. The highest BCUT2D eigenvalue weighted by Gasteiger charge is 2.41. The summed E-state index contributed by atoms with van der Waals surface area (Å²) in [5.74, 6) is -8.85. The van der Waals surface area contributed by atoms with Crippen molar-refractivity contribution >= 4 is 59.2 Å². The number of nitrogens with one attached hydrogen (secondary N) is 7. The van der Waals surface area contributed by atoms with Gasteiger partial charge in [-0.3, -0.25) is 38.6 Å². The predicted molar refractivity (Wildman–Crippen MR) is 267 cm³/mol. The molecule has 0 bridgehead atoms. The van der Waals surface area contributed by atoms with Gasteiger partial charge in [0.2, 0.25) is 41.4 Å². The fourth-order valence-corrected chi connectivity index (χ4v) is 8.16. The lowest BCUT2D eigenvalue weighted by Gasteiger charge is -2.32. The van der Waals surface area contributed by atoms with Gasteiger partial charge in [0.05, 0.1) is 18.4 Å². The van der Waals surface area contributed by atoms with Crippen LogP contribution in [0.4, 0.5) is 0 Å². The van der Waals surface area contributed by atoms with Gasteiger partial charge in [-0.15, -0.1) is 0 Å². The second-order valence-corrected chi connectivity index (χ2v) is 18.3. The second kappa shape index (κ2) is 28.2. The van der Waals surface area contributed by atoms with Crippen LogP contribution in [0.2, 0.25) is 0 Å².